The van der Waals surface area contributed by atoms with Crippen LogP contribution in [0.1, 0.15) is 0 Å². The van der Waals surface area contributed by atoms with Gasteiger partial charge in [-0.1, -0.05) is 54.0 Å². The highest BCUT2D eigenvalue weighted by atomic mass is 16.3. The molecule has 0 saturated carbocycles. The Labute approximate surface area is 157 Å². The second-order valence-corrected chi connectivity index (χ2v) is 7.15. The van der Waals surface area contributed by atoms with Crippen LogP contribution in [-0.2, 0) is 0 Å². The predicted octanol–water partition coefficient (Wildman–Crippen LogP) is 4.94. The summed E-state index contributed by atoms with van der Waals surface area (Å²) >= 11 is 0. The van der Waals surface area contributed by atoms with Crippen LogP contribution in [0.4, 0.5) is 0 Å². The molecular formula is C24H16BNO. The van der Waals surface area contributed by atoms with Gasteiger partial charge < -0.3 is 8.98 Å². The number of furan rings is 1. The molecule has 2 heterocycles. The Morgan fingerprint density at radius 1 is 0.593 bits per heavy atom. The van der Waals surface area contributed by atoms with Crippen LogP contribution in [0, 0.1) is 0 Å². The second kappa shape index (κ2) is 5.27. The maximum Gasteiger partial charge on any atom is 0.139 e. The summed E-state index contributed by atoms with van der Waals surface area (Å²) in [5.74, 6) is 0. The fourth-order valence-electron chi connectivity index (χ4n) is 4.21. The Balaban J connectivity index is 1.73. The van der Waals surface area contributed by atoms with Gasteiger partial charge in [0.1, 0.15) is 19.0 Å². The molecule has 0 aliphatic carbocycles. The Hall–Kier alpha value is -3.46. The fraction of sp³-hybridized carbons (Fsp3) is 0. The quantitative estimate of drug-likeness (QED) is 0.386. The van der Waals surface area contributed by atoms with E-state index in [2.05, 4.69) is 97.3 Å². The number of para-hydroxylation sites is 2. The van der Waals surface area contributed by atoms with Gasteiger partial charge in [0.05, 0.1) is 11.0 Å². The molecule has 126 valence electrons. The van der Waals surface area contributed by atoms with Gasteiger partial charge in [0.15, 0.2) is 0 Å². The van der Waals surface area contributed by atoms with E-state index in [4.69, 9.17) is 4.42 Å². The first-order chi connectivity index (χ1) is 13.3. The Bertz CT molecular complexity index is 1440. The van der Waals surface area contributed by atoms with Crippen molar-refractivity contribution in [3.8, 4) is 5.69 Å². The highest BCUT2D eigenvalue weighted by Gasteiger charge is 2.13. The average Bonchev–Trinajstić information content (AvgIpc) is 3.22. The van der Waals surface area contributed by atoms with Crippen molar-refractivity contribution in [2.24, 2.45) is 0 Å². The molecule has 0 radical (unpaired) electrons. The topological polar surface area (TPSA) is 18.1 Å². The lowest BCUT2D eigenvalue weighted by Gasteiger charge is -2.07. The largest absolute Gasteiger partial charge is 0.456 e. The maximum absolute atomic E-state index is 6.07. The third-order valence-corrected chi connectivity index (χ3v) is 5.45. The lowest BCUT2D eigenvalue weighted by atomic mass is 9.95. The van der Waals surface area contributed by atoms with Crippen molar-refractivity contribution in [1.29, 1.82) is 0 Å². The van der Waals surface area contributed by atoms with Crippen molar-refractivity contribution < 1.29 is 4.42 Å². The number of hydrogen-bond donors (Lipinski definition) is 0. The maximum atomic E-state index is 6.07. The summed E-state index contributed by atoms with van der Waals surface area (Å²) in [5.41, 5.74) is 6.69. The van der Waals surface area contributed by atoms with Crippen LogP contribution in [0.3, 0.4) is 0 Å². The minimum atomic E-state index is 0.931. The van der Waals surface area contributed by atoms with E-state index in [1.807, 2.05) is 0 Å². The third-order valence-electron chi connectivity index (χ3n) is 5.45. The molecule has 0 amide bonds. The van der Waals surface area contributed by atoms with Gasteiger partial charge in [-0.05, 0) is 36.4 Å². The van der Waals surface area contributed by atoms with E-state index < -0.39 is 0 Å². The molecule has 2 nitrogen and oxygen atoms in total. The first kappa shape index (κ1) is 14.7. The lowest BCUT2D eigenvalue weighted by Crippen LogP contribution is -1.98. The number of fused-ring (bicyclic) bond motifs is 6. The monoisotopic (exact) mass is 345 g/mol. The Morgan fingerprint density at radius 3 is 2.04 bits per heavy atom. The fourth-order valence-corrected chi connectivity index (χ4v) is 4.21. The van der Waals surface area contributed by atoms with E-state index in [1.54, 1.807) is 0 Å². The minimum Gasteiger partial charge on any atom is -0.456 e. The summed E-state index contributed by atoms with van der Waals surface area (Å²) in [6.45, 7) is 0. The molecule has 0 spiro atoms. The molecule has 0 unspecified atom stereocenters. The Morgan fingerprint density at radius 2 is 1.30 bits per heavy atom. The predicted molar refractivity (Wildman–Crippen MR) is 116 cm³/mol. The summed E-state index contributed by atoms with van der Waals surface area (Å²) in [6, 6.07) is 30.1. The molecular weight excluding hydrogens is 329 g/mol. The van der Waals surface area contributed by atoms with Gasteiger partial charge in [0, 0.05) is 27.2 Å². The molecule has 6 aromatic rings. The molecule has 0 saturated heterocycles. The van der Waals surface area contributed by atoms with Crippen molar-refractivity contribution in [3.63, 3.8) is 0 Å². The van der Waals surface area contributed by atoms with Crippen molar-refractivity contribution >= 4 is 57.1 Å². The van der Waals surface area contributed by atoms with Crippen LogP contribution in [0.15, 0.2) is 89.3 Å². The molecule has 6 rings (SSSR count). The zero-order valence-corrected chi connectivity index (χ0v) is 14.9. The molecule has 2 aromatic heterocycles. The summed E-state index contributed by atoms with van der Waals surface area (Å²) in [7, 11) is 2.09. The van der Waals surface area contributed by atoms with Gasteiger partial charge in [-0.2, -0.15) is 0 Å². The molecule has 3 heteroatoms. The Kier molecular flexibility index (Phi) is 2.87. The molecule has 0 N–H and O–H groups in total. The first-order valence-corrected chi connectivity index (χ1v) is 9.21. The van der Waals surface area contributed by atoms with Crippen molar-refractivity contribution in [2.45, 2.75) is 0 Å². The number of aromatic nitrogens is 1. The molecule has 0 fully saturated rings. The van der Waals surface area contributed by atoms with Gasteiger partial charge >= 0.3 is 0 Å². The lowest BCUT2D eigenvalue weighted by molar-refractivity contribution is 0.669. The van der Waals surface area contributed by atoms with Crippen LogP contribution in [0.2, 0.25) is 0 Å². The zero-order valence-electron chi connectivity index (χ0n) is 14.9. The standard InChI is InChI=1S/C24H16BNO/c25-15-9-11-19-20-14-16(10-12-23(20)27-24(19)13-15)26-21-7-3-1-5-17(21)18-6-2-4-8-22(18)26/h1-14H,25H2. The minimum absolute atomic E-state index is 0.931. The summed E-state index contributed by atoms with van der Waals surface area (Å²) in [5, 5.41) is 4.88. The van der Waals surface area contributed by atoms with Crippen molar-refractivity contribution in [2.75, 3.05) is 0 Å². The van der Waals surface area contributed by atoms with E-state index in [9.17, 15) is 0 Å². The SMILES string of the molecule is Bc1ccc2c(c1)oc1ccc(-n3c4ccccc4c4ccccc43)cc12. The molecule has 27 heavy (non-hydrogen) atoms. The van der Waals surface area contributed by atoms with Crippen molar-refractivity contribution in [1.82, 2.24) is 4.57 Å². The normalized spacial score (nSPS) is 11.9. The first-order valence-electron chi connectivity index (χ1n) is 9.21. The summed E-state index contributed by atoms with van der Waals surface area (Å²) in [4.78, 5) is 0. The third kappa shape index (κ3) is 2.03. The van der Waals surface area contributed by atoms with E-state index in [1.165, 1.54) is 32.7 Å². The van der Waals surface area contributed by atoms with Crippen LogP contribution in [0.5, 0.6) is 0 Å². The van der Waals surface area contributed by atoms with Gasteiger partial charge in [-0.3, -0.25) is 0 Å². The van der Waals surface area contributed by atoms with E-state index in [0.29, 0.717) is 0 Å². The summed E-state index contributed by atoms with van der Waals surface area (Å²) < 4.78 is 8.42. The van der Waals surface area contributed by atoms with Crippen LogP contribution >= 0.6 is 0 Å². The van der Waals surface area contributed by atoms with Gasteiger partial charge in [0.25, 0.3) is 0 Å². The van der Waals surface area contributed by atoms with Gasteiger partial charge in [-0.15, -0.1) is 0 Å². The van der Waals surface area contributed by atoms with E-state index in [0.717, 1.165) is 22.2 Å². The highest BCUT2D eigenvalue weighted by Crippen LogP contribution is 2.34. The number of benzene rings is 4. The summed E-state index contributed by atoms with van der Waals surface area (Å²) in [6.07, 6.45) is 0. The van der Waals surface area contributed by atoms with Crippen molar-refractivity contribution in [3.05, 3.63) is 84.9 Å². The van der Waals surface area contributed by atoms with Gasteiger partial charge in [0.2, 0.25) is 0 Å². The second-order valence-electron chi connectivity index (χ2n) is 7.15. The average molecular weight is 345 g/mol. The molecule has 4 aromatic carbocycles. The zero-order chi connectivity index (χ0) is 18.0. The van der Waals surface area contributed by atoms with Crippen LogP contribution in [0.25, 0.3) is 49.4 Å². The smallest absolute Gasteiger partial charge is 0.139 e. The number of rotatable bonds is 1. The molecule has 0 aliphatic heterocycles. The number of nitrogens with zero attached hydrogens (tertiary/aromatic N) is 1. The van der Waals surface area contributed by atoms with Gasteiger partial charge in [-0.25, -0.2) is 0 Å². The van der Waals surface area contributed by atoms with Crippen LogP contribution < -0.4 is 5.46 Å². The highest BCUT2D eigenvalue weighted by molar-refractivity contribution is 6.33. The van der Waals surface area contributed by atoms with E-state index >= 15 is 0 Å². The molecule has 0 atom stereocenters. The van der Waals surface area contributed by atoms with E-state index in [-0.39, 0.29) is 0 Å². The molecule has 0 aliphatic rings. The number of hydrogen-bond acceptors (Lipinski definition) is 1. The molecule has 0 bridgehead atoms. The van der Waals surface area contributed by atoms with Crippen LogP contribution in [-0.4, -0.2) is 12.4 Å².